The zero-order chi connectivity index (χ0) is 15.2. The molecule has 0 saturated carbocycles. The van der Waals surface area contributed by atoms with E-state index in [1.165, 1.54) is 11.1 Å². The fourth-order valence-electron chi connectivity index (χ4n) is 2.66. The van der Waals surface area contributed by atoms with Gasteiger partial charge in [-0.15, -0.1) is 12.4 Å². The lowest BCUT2D eigenvalue weighted by Gasteiger charge is -2.15. The van der Waals surface area contributed by atoms with Gasteiger partial charge in [-0.1, -0.05) is 24.3 Å². The fraction of sp³-hybridized carbons (Fsp3) is 0.500. The molecule has 122 valence electrons. The number of halogens is 1. The van der Waals surface area contributed by atoms with E-state index >= 15 is 0 Å². The molecule has 0 aliphatic carbocycles. The van der Waals surface area contributed by atoms with Crippen LogP contribution in [-0.2, 0) is 16.0 Å². The second-order valence-electron chi connectivity index (χ2n) is 5.59. The van der Waals surface area contributed by atoms with Gasteiger partial charge >= 0.3 is 5.97 Å². The average Bonchev–Trinajstić information content (AvgIpc) is 2.89. The van der Waals surface area contributed by atoms with Crippen molar-refractivity contribution in [1.29, 1.82) is 0 Å². The largest absolute Gasteiger partial charge is 0.481 e. The van der Waals surface area contributed by atoms with E-state index in [1.54, 1.807) is 0 Å². The molecule has 2 rings (SSSR count). The number of benzene rings is 1. The predicted octanol–water partition coefficient (Wildman–Crippen LogP) is 1.48. The number of rotatable bonds is 6. The molecule has 1 aromatic rings. The number of hydrogen-bond donors (Lipinski definition) is 2. The molecule has 1 fully saturated rings. The molecule has 1 atom stereocenters. The second-order valence-corrected chi connectivity index (χ2v) is 5.59. The van der Waals surface area contributed by atoms with Crippen LogP contribution in [0.15, 0.2) is 24.3 Å². The molecule has 1 heterocycles. The monoisotopic (exact) mass is 326 g/mol. The molecule has 6 heteroatoms. The maximum absolute atomic E-state index is 11.9. The van der Waals surface area contributed by atoms with Crippen LogP contribution in [0.3, 0.4) is 0 Å². The minimum absolute atomic E-state index is 0. The van der Waals surface area contributed by atoms with E-state index in [2.05, 4.69) is 24.4 Å². The number of hydrogen-bond acceptors (Lipinski definition) is 3. The molecule has 1 aliphatic heterocycles. The van der Waals surface area contributed by atoms with Gasteiger partial charge < -0.3 is 10.4 Å². The Labute approximate surface area is 137 Å². The molecule has 1 unspecified atom stereocenters. The Kier molecular flexibility index (Phi) is 7.35. The van der Waals surface area contributed by atoms with Crippen LogP contribution in [0.4, 0.5) is 0 Å². The summed E-state index contributed by atoms with van der Waals surface area (Å²) in [6.07, 6.45) is 1.45. The van der Waals surface area contributed by atoms with Crippen LogP contribution in [-0.4, -0.2) is 48.1 Å². The van der Waals surface area contributed by atoms with Crippen molar-refractivity contribution >= 4 is 24.3 Å². The topological polar surface area (TPSA) is 69.6 Å². The summed E-state index contributed by atoms with van der Waals surface area (Å²) in [7, 11) is 0. The number of nitrogens with one attached hydrogen (secondary N) is 1. The minimum atomic E-state index is -0.766. The van der Waals surface area contributed by atoms with Gasteiger partial charge in [-0.05, 0) is 37.4 Å². The Balaban J connectivity index is 0.00000242. The fourth-order valence-corrected chi connectivity index (χ4v) is 2.66. The zero-order valence-electron chi connectivity index (χ0n) is 12.7. The second kappa shape index (κ2) is 8.76. The molecular weight excluding hydrogens is 304 g/mol. The maximum atomic E-state index is 11.9. The molecule has 0 bridgehead atoms. The molecule has 0 spiro atoms. The van der Waals surface area contributed by atoms with E-state index in [4.69, 9.17) is 5.11 Å². The summed E-state index contributed by atoms with van der Waals surface area (Å²) in [5.41, 5.74) is 2.47. The molecule has 1 aliphatic rings. The third-order valence-corrected chi connectivity index (χ3v) is 3.97. The standard InChI is InChI=1S/C16H22N2O3.ClH/c1-12-4-2-3-5-13(12)6-8-17-15(19)11-18-9-7-14(10-18)16(20)21;/h2-5,14H,6-11H2,1H3,(H,17,19)(H,20,21);1H. The predicted molar refractivity (Wildman–Crippen MR) is 87.3 cm³/mol. The normalized spacial score (nSPS) is 17.8. The Morgan fingerprint density at radius 2 is 2.09 bits per heavy atom. The Bertz CT molecular complexity index is 522. The summed E-state index contributed by atoms with van der Waals surface area (Å²) in [6, 6.07) is 8.14. The first kappa shape index (κ1) is 18.5. The Morgan fingerprint density at radius 1 is 1.36 bits per heavy atom. The smallest absolute Gasteiger partial charge is 0.307 e. The van der Waals surface area contributed by atoms with Gasteiger partial charge in [-0.2, -0.15) is 0 Å². The van der Waals surface area contributed by atoms with Crippen LogP contribution < -0.4 is 5.32 Å². The molecule has 1 amide bonds. The first-order valence-electron chi connectivity index (χ1n) is 7.32. The SMILES string of the molecule is Cc1ccccc1CCNC(=O)CN1CCC(C(=O)O)C1.Cl. The van der Waals surface area contributed by atoms with Crippen molar-refractivity contribution in [3.63, 3.8) is 0 Å². The minimum Gasteiger partial charge on any atom is -0.481 e. The van der Waals surface area contributed by atoms with Crippen LogP contribution in [0.2, 0.25) is 0 Å². The quantitative estimate of drug-likeness (QED) is 0.831. The van der Waals surface area contributed by atoms with Crippen LogP contribution in [0.5, 0.6) is 0 Å². The van der Waals surface area contributed by atoms with Crippen LogP contribution in [0, 0.1) is 12.8 Å². The number of carboxylic acids is 1. The number of amides is 1. The molecule has 5 nitrogen and oxygen atoms in total. The van der Waals surface area contributed by atoms with E-state index in [0.29, 0.717) is 26.1 Å². The lowest BCUT2D eigenvalue weighted by molar-refractivity contribution is -0.141. The van der Waals surface area contributed by atoms with Crippen molar-refractivity contribution in [2.45, 2.75) is 19.8 Å². The van der Waals surface area contributed by atoms with Gasteiger partial charge in [-0.25, -0.2) is 0 Å². The molecule has 0 radical (unpaired) electrons. The van der Waals surface area contributed by atoms with Gasteiger partial charge in [0.2, 0.25) is 5.91 Å². The summed E-state index contributed by atoms with van der Waals surface area (Å²) >= 11 is 0. The van der Waals surface area contributed by atoms with Crippen molar-refractivity contribution in [3.8, 4) is 0 Å². The van der Waals surface area contributed by atoms with Crippen LogP contribution >= 0.6 is 12.4 Å². The number of carbonyl (C=O) groups is 2. The van der Waals surface area contributed by atoms with E-state index in [0.717, 1.165) is 6.42 Å². The Hall–Kier alpha value is -1.59. The lowest BCUT2D eigenvalue weighted by atomic mass is 10.1. The third kappa shape index (κ3) is 5.31. The van der Waals surface area contributed by atoms with Gasteiger partial charge in [0.15, 0.2) is 0 Å². The number of aryl methyl sites for hydroxylation is 1. The third-order valence-electron chi connectivity index (χ3n) is 3.97. The van der Waals surface area contributed by atoms with Gasteiger partial charge in [-0.3, -0.25) is 14.5 Å². The highest BCUT2D eigenvalue weighted by Gasteiger charge is 2.28. The molecular formula is C16H23ClN2O3. The lowest BCUT2D eigenvalue weighted by Crippen LogP contribution is -2.37. The summed E-state index contributed by atoms with van der Waals surface area (Å²) in [5.74, 6) is -1.13. The molecule has 0 aromatic heterocycles. The van der Waals surface area contributed by atoms with Gasteiger partial charge in [0.25, 0.3) is 0 Å². The van der Waals surface area contributed by atoms with Gasteiger partial charge in [0.1, 0.15) is 0 Å². The van der Waals surface area contributed by atoms with E-state index in [1.807, 2.05) is 17.0 Å². The van der Waals surface area contributed by atoms with Crippen molar-refractivity contribution in [2.75, 3.05) is 26.2 Å². The van der Waals surface area contributed by atoms with Crippen molar-refractivity contribution in [2.24, 2.45) is 5.92 Å². The van der Waals surface area contributed by atoms with E-state index in [-0.39, 0.29) is 30.8 Å². The highest BCUT2D eigenvalue weighted by Crippen LogP contribution is 2.15. The van der Waals surface area contributed by atoms with E-state index in [9.17, 15) is 9.59 Å². The summed E-state index contributed by atoms with van der Waals surface area (Å²) < 4.78 is 0. The van der Waals surface area contributed by atoms with Gasteiger partial charge in [0.05, 0.1) is 12.5 Å². The van der Waals surface area contributed by atoms with Crippen molar-refractivity contribution < 1.29 is 14.7 Å². The Morgan fingerprint density at radius 3 is 2.73 bits per heavy atom. The van der Waals surface area contributed by atoms with Gasteiger partial charge in [0, 0.05) is 13.1 Å². The van der Waals surface area contributed by atoms with E-state index < -0.39 is 5.97 Å². The molecule has 1 saturated heterocycles. The van der Waals surface area contributed by atoms with Crippen LogP contribution in [0.1, 0.15) is 17.5 Å². The number of nitrogens with zero attached hydrogens (tertiary/aromatic N) is 1. The first-order chi connectivity index (χ1) is 10.1. The summed E-state index contributed by atoms with van der Waals surface area (Å²) in [5, 5.41) is 11.8. The highest BCUT2D eigenvalue weighted by molar-refractivity contribution is 5.85. The summed E-state index contributed by atoms with van der Waals surface area (Å²) in [6.45, 7) is 4.12. The average molecular weight is 327 g/mol. The zero-order valence-corrected chi connectivity index (χ0v) is 13.6. The van der Waals surface area contributed by atoms with Crippen molar-refractivity contribution in [1.82, 2.24) is 10.2 Å². The number of aliphatic carboxylic acids is 1. The maximum Gasteiger partial charge on any atom is 0.307 e. The number of carbonyl (C=O) groups excluding carboxylic acids is 1. The first-order valence-corrected chi connectivity index (χ1v) is 7.32. The van der Waals surface area contributed by atoms with Crippen LogP contribution in [0.25, 0.3) is 0 Å². The summed E-state index contributed by atoms with van der Waals surface area (Å²) in [4.78, 5) is 24.6. The number of likely N-dealkylation sites (tertiary alicyclic amines) is 1. The van der Waals surface area contributed by atoms with Crippen molar-refractivity contribution in [3.05, 3.63) is 35.4 Å². The highest BCUT2D eigenvalue weighted by atomic mass is 35.5. The molecule has 1 aromatic carbocycles. The number of carboxylic acid groups (broad SMARTS) is 1. The molecule has 2 N–H and O–H groups in total. The molecule has 22 heavy (non-hydrogen) atoms.